The topological polar surface area (TPSA) is 51.3 Å². The van der Waals surface area contributed by atoms with E-state index in [1.54, 1.807) is 7.05 Å². The number of aromatic nitrogens is 1. The molecule has 1 aromatic heterocycles. The van der Waals surface area contributed by atoms with Gasteiger partial charge in [0.15, 0.2) is 0 Å². The molecular weight excluding hydrogens is 150 g/mol. The molecular formula is C9H13N3. The van der Waals surface area contributed by atoms with E-state index >= 15 is 0 Å². The van der Waals surface area contributed by atoms with Crippen LogP contribution >= 0.6 is 0 Å². The first-order valence-electron chi connectivity index (χ1n) is 3.82. The van der Waals surface area contributed by atoms with Gasteiger partial charge in [0.2, 0.25) is 0 Å². The summed E-state index contributed by atoms with van der Waals surface area (Å²) in [6.45, 7) is 3.98. The van der Waals surface area contributed by atoms with Crippen LogP contribution in [0.3, 0.4) is 0 Å². The molecule has 0 fully saturated rings. The fourth-order valence-corrected chi connectivity index (χ4v) is 0.888. The second-order valence-corrected chi connectivity index (χ2v) is 2.71. The summed E-state index contributed by atoms with van der Waals surface area (Å²) in [5.41, 5.74) is 8.52. The molecule has 0 unspecified atom stereocenters. The highest BCUT2D eigenvalue weighted by Crippen LogP contribution is 2.04. The van der Waals surface area contributed by atoms with Crippen LogP contribution in [0.5, 0.6) is 0 Å². The Bertz CT molecular complexity index is 316. The summed E-state index contributed by atoms with van der Waals surface area (Å²) in [6, 6.07) is 3.88. The predicted octanol–water partition coefficient (Wildman–Crippen LogP) is 1.03. The van der Waals surface area contributed by atoms with E-state index in [-0.39, 0.29) is 0 Å². The van der Waals surface area contributed by atoms with E-state index in [9.17, 15) is 0 Å². The van der Waals surface area contributed by atoms with E-state index in [1.165, 1.54) is 5.56 Å². The molecule has 3 heteroatoms. The summed E-state index contributed by atoms with van der Waals surface area (Å²) < 4.78 is 0. The highest BCUT2D eigenvalue weighted by Gasteiger charge is 2.00. The Kier molecular flexibility index (Phi) is 2.43. The molecule has 1 rings (SSSR count). The quantitative estimate of drug-likeness (QED) is 0.496. The van der Waals surface area contributed by atoms with Crippen LogP contribution in [0.25, 0.3) is 0 Å². The van der Waals surface area contributed by atoms with Crippen molar-refractivity contribution in [2.75, 3.05) is 7.05 Å². The van der Waals surface area contributed by atoms with Crippen molar-refractivity contribution in [3.63, 3.8) is 0 Å². The maximum Gasteiger partial charge on any atom is 0.144 e. The molecule has 0 aliphatic heterocycles. The van der Waals surface area contributed by atoms with E-state index in [1.807, 2.05) is 26.0 Å². The number of nitrogens with zero attached hydrogens (tertiary/aromatic N) is 2. The Morgan fingerprint density at radius 1 is 1.42 bits per heavy atom. The Morgan fingerprint density at radius 3 is 2.58 bits per heavy atom. The van der Waals surface area contributed by atoms with E-state index < -0.39 is 0 Å². The highest BCUT2D eigenvalue weighted by molar-refractivity contribution is 5.95. The number of hydrogen-bond acceptors (Lipinski definition) is 2. The lowest BCUT2D eigenvalue weighted by Gasteiger charge is -2.02. The number of aliphatic imine (C=N–C) groups is 1. The zero-order chi connectivity index (χ0) is 9.14. The average Bonchev–Trinajstić information content (AvgIpc) is 2.08. The Labute approximate surface area is 72.3 Å². The molecule has 0 spiro atoms. The van der Waals surface area contributed by atoms with E-state index in [2.05, 4.69) is 9.98 Å². The summed E-state index contributed by atoms with van der Waals surface area (Å²) >= 11 is 0. The van der Waals surface area contributed by atoms with Crippen LogP contribution in [-0.2, 0) is 0 Å². The van der Waals surface area contributed by atoms with Crippen LogP contribution in [0, 0.1) is 13.8 Å². The van der Waals surface area contributed by atoms with Gasteiger partial charge in [0.05, 0.1) is 0 Å². The molecule has 3 nitrogen and oxygen atoms in total. The van der Waals surface area contributed by atoms with Crippen molar-refractivity contribution in [2.24, 2.45) is 10.7 Å². The van der Waals surface area contributed by atoms with Crippen molar-refractivity contribution < 1.29 is 0 Å². The lowest BCUT2D eigenvalue weighted by molar-refractivity contribution is 1.13. The number of pyridine rings is 1. The smallest absolute Gasteiger partial charge is 0.144 e. The van der Waals surface area contributed by atoms with Gasteiger partial charge in [-0.2, -0.15) is 0 Å². The van der Waals surface area contributed by atoms with Crippen LogP contribution in [0.4, 0.5) is 0 Å². The van der Waals surface area contributed by atoms with E-state index in [0.717, 1.165) is 11.4 Å². The molecule has 64 valence electrons. The lowest BCUT2D eigenvalue weighted by Crippen LogP contribution is -2.15. The molecule has 1 heterocycles. The molecule has 0 atom stereocenters. The van der Waals surface area contributed by atoms with Gasteiger partial charge in [-0.15, -0.1) is 0 Å². The molecule has 12 heavy (non-hydrogen) atoms. The van der Waals surface area contributed by atoms with Crippen molar-refractivity contribution in [1.29, 1.82) is 0 Å². The number of nitrogens with two attached hydrogens (primary N) is 1. The summed E-state index contributed by atoms with van der Waals surface area (Å²) in [4.78, 5) is 8.15. The van der Waals surface area contributed by atoms with E-state index in [0.29, 0.717) is 5.84 Å². The van der Waals surface area contributed by atoms with Crippen LogP contribution in [0.15, 0.2) is 17.1 Å². The first-order chi connectivity index (χ1) is 5.65. The largest absolute Gasteiger partial charge is 0.382 e. The van der Waals surface area contributed by atoms with Gasteiger partial charge in [-0.25, -0.2) is 4.98 Å². The SMILES string of the molecule is CN=C(N)c1ccc(C)c(C)n1. The van der Waals surface area contributed by atoms with Crippen LogP contribution in [0.2, 0.25) is 0 Å². The molecule has 0 radical (unpaired) electrons. The predicted molar refractivity (Wildman–Crippen MR) is 50.4 cm³/mol. The summed E-state index contributed by atoms with van der Waals surface area (Å²) in [5.74, 6) is 0.484. The number of rotatable bonds is 1. The number of amidine groups is 1. The summed E-state index contributed by atoms with van der Waals surface area (Å²) in [7, 11) is 1.66. The minimum atomic E-state index is 0.484. The summed E-state index contributed by atoms with van der Waals surface area (Å²) in [5, 5.41) is 0. The molecule has 0 bridgehead atoms. The Balaban J connectivity index is 3.13. The third-order valence-corrected chi connectivity index (χ3v) is 1.85. The summed E-state index contributed by atoms with van der Waals surface area (Å²) in [6.07, 6.45) is 0. The minimum Gasteiger partial charge on any atom is -0.382 e. The Morgan fingerprint density at radius 2 is 2.08 bits per heavy atom. The third-order valence-electron chi connectivity index (χ3n) is 1.85. The van der Waals surface area contributed by atoms with Gasteiger partial charge in [0.1, 0.15) is 11.5 Å². The van der Waals surface area contributed by atoms with Crippen molar-refractivity contribution >= 4 is 5.84 Å². The molecule has 0 saturated heterocycles. The average molecular weight is 163 g/mol. The zero-order valence-electron chi connectivity index (χ0n) is 7.63. The van der Waals surface area contributed by atoms with Gasteiger partial charge in [0.25, 0.3) is 0 Å². The van der Waals surface area contributed by atoms with Crippen LogP contribution < -0.4 is 5.73 Å². The molecule has 0 aliphatic rings. The second-order valence-electron chi connectivity index (χ2n) is 2.71. The van der Waals surface area contributed by atoms with Crippen LogP contribution in [0.1, 0.15) is 17.0 Å². The van der Waals surface area contributed by atoms with Gasteiger partial charge >= 0.3 is 0 Å². The maximum atomic E-state index is 5.60. The first-order valence-corrected chi connectivity index (χ1v) is 3.82. The first kappa shape index (κ1) is 8.71. The molecule has 1 aromatic rings. The van der Waals surface area contributed by atoms with Crippen molar-refractivity contribution in [2.45, 2.75) is 13.8 Å². The van der Waals surface area contributed by atoms with Gasteiger partial charge in [-0.05, 0) is 25.5 Å². The molecule has 0 saturated carbocycles. The fourth-order valence-electron chi connectivity index (χ4n) is 0.888. The Hall–Kier alpha value is -1.38. The normalized spacial score (nSPS) is 11.8. The maximum absolute atomic E-state index is 5.60. The highest BCUT2D eigenvalue weighted by atomic mass is 14.9. The van der Waals surface area contributed by atoms with Crippen molar-refractivity contribution in [3.05, 3.63) is 29.1 Å². The standard InChI is InChI=1S/C9H13N3/c1-6-4-5-8(9(10)11-3)12-7(6)2/h4-5H,1-3H3,(H2,10,11). The lowest BCUT2D eigenvalue weighted by atomic mass is 10.2. The van der Waals surface area contributed by atoms with Crippen LogP contribution in [-0.4, -0.2) is 17.9 Å². The molecule has 0 amide bonds. The fraction of sp³-hybridized carbons (Fsp3) is 0.333. The molecule has 0 aliphatic carbocycles. The molecule has 0 aromatic carbocycles. The van der Waals surface area contributed by atoms with Crippen molar-refractivity contribution in [1.82, 2.24) is 4.98 Å². The monoisotopic (exact) mass is 163 g/mol. The second kappa shape index (κ2) is 3.34. The third kappa shape index (κ3) is 1.61. The van der Waals surface area contributed by atoms with Gasteiger partial charge in [0, 0.05) is 12.7 Å². The number of aryl methyl sites for hydroxylation is 2. The number of hydrogen-bond donors (Lipinski definition) is 1. The zero-order valence-corrected chi connectivity index (χ0v) is 7.63. The van der Waals surface area contributed by atoms with Gasteiger partial charge in [-0.3, -0.25) is 4.99 Å². The van der Waals surface area contributed by atoms with Gasteiger partial charge < -0.3 is 5.73 Å². The van der Waals surface area contributed by atoms with Gasteiger partial charge in [-0.1, -0.05) is 6.07 Å². The van der Waals surface area contributed by atoms with Crippen molar-refractivity contribution in [3.8, 4) is 0 Å². The minimum absolute atomic E-state index is 0.484. The molecule has 2 N–H and O–H groups in total. The van der Waals surface area contributed by atoms with E-state index in [4.69, 9.17) is 5.73 Å².